The fourth-order valence-electron chi connectivity index (χ4n) is 7.95. The second-order valence-corrected chi connectivity index (χ2v) is 13.7. The molecule has 0 saturated carbocycles. The molecule has 0 radical (unpaired) electrons. The number of rotatable bonds is 3. The molecule has 4 nitrogen and oxygen atoms in total. The summed E-state index contributed by atoms with van der Waals surface area (Å²) in [5.74, 6) is 0.626. The van der Waals surface area contributed by atoms with Gasteiger partial charge in [0.15, 0.2) is 11.5 Å². The zero-order valence-corrected chi connectivity index (χ0v) is 27.6. The van der Waals surface area contributed by atoms with Crippen molar-refractivity contribution in [1.82, 2.24) is 0 Å². The monoisotopic (exact) mass is 699 g/mol. The molecule has 0 spiro atoms. The van der Waals surface area contributed by atoms with Crippen molar-refractivity contribution in [2.24, 2.45) is 0 Å². The molecule has 2 atom stereocenters. The molecule has 0 fully saturated rings. The molecule has 3 aliphatic heterocycles. The lowest BCUT2D eigenvalue weighted by atomic mass is 9.36. The van der Waals surface area contributed by atoms with E-state index in [0.29, 0.717) is 55.7 Å². The largest absolute Gasteiger partial charge is 0.452 e. The summed E-state index contributed by atoms with van der Waals surface area (Å²) in [6, 6.07) is 15.0. The Hall–Kier alpha value is -6.24. The van der Waals surface area contributed by atoms with E-state index < -0.39 is 86.0 Å². The summed E-state index contributed by atoms with van der Waals surface area (Å²) < 4.78 is 148. The Bertz CT molecular complexity index is 3640. The minimum atomic E-state index is -1.56. The zero-order valence-electron chi connectivity index (χ0n) is 41.8. The first-order chi connectivity index (χ1) is 32.0. The van der Waals surface area contributed by atoms with Crippen molar-refractivity contribution in [3.05, 3.63) is 157 Å². The van der Waals surface area contributed by atoms with Crippen LogP contribution in [0.2, 0.25) is 0 Å². The van der Waals surface area contributed by atoms with Crippen LogP contribution < -0.4 is 30.2 Å². The second-order valence-electron chi connectivity index (χ2n) is 12.6. The van der Waals surface area contributed by atoms with E-state index in [2.05, 4.69) is 0 Å². The van der Waals surface area contributed by atoms with Crippen LogP contribution in [0.25, 0.3) is 43.3 Å². The first-order valence-electron chi connectivity index (χ1n) is 24.2. The molecular weight excluding hydrogens is 655 g/mol. The van der Waals surface area contributed by atoms with Crippen LogP contribution in [0.1, 0.15) is 33.4 Å². The molecule has 244 valence electrons. The maximum absolute atomic E-state index is 9.37. The SMILES string of the molecule is [2H]C1=C([2H])C([2H])C([2H])C([2H])=C1N1c2cc(-c3c([2H])c([2H])c([2H])c([2H])c3[2H])c3c4c2B(c2sc5ccc(-c6c([2H])c([2H])c([2H])c([2H])c6[2H])cc5c2N4c2ccccc2O3)c2c1oc1ccccc21. The lowest BCUT2D eigenvalue weighted by Gasteiger charge is -2.45. The number of hydrogen-bond donors (Lipinski definition) is 0. The number of nitrogens with zero attached hydrogens (tertiary/aromatic N) is 2. The van der Waals surface area contributed by atoms with E-state index >= 15 is 0 Å². The predicted molar refractivity (Wildman–Crippen MR) is 217 cm³/mol. The maximum Gasteiger partial charge on any atom is 0.270 e. The van der Waals surface area contributed by atoms with E-state index in [1.807, 2.05) is 35.2 Å². The standard InChI is InChI=1S/C46H29BN2O2S/c1-4-14-28(15-5-1)30-24-25-39-34(26-30)42-45(52-39)47-40-32-20-10-12-22-37(32)51-46(40)48(31-18-8-3-9-19-31)36-27-33(29-16-6-2-7-17-29)44-43(41(36)47)49(42)35-21-11-13-23-38(35)50-44/h1-2,4-8,10-27H,3,9H2/i1D,2D,3D,4D,5D,6D,7D,8D,9D,14D,15D,16D,17D,18D,19D. The highest BCUT2D eigenvalue weighted by Gasteiger charge is 2.51. The van der Waals surface area contributed by atoms with E-state index in [0.717, 1.165) is 9.48 Å². The third-order valence-corrected chi connectivity index (χ3v) is 11.2. The highest BCUT2D eigenvalue weighted by molar-refractivity contribution is 7.34. The normalized spacial score (nSPS) is 22.3. The van der Waals surface area contributed by atoms with Gasteiger partial charge in [0, 0.05) is 45.4 Å². The molecule has 0 saturated heterocycles. The predicted octanol–water partition coefficient (Wildman–Crippen LogP) is 11.1. The zero-order chi connectivity index (χ0) is 47.0. The van der Waals surface area contributed by atoms with Gasteiger partial charge in [0.25, 0.3) is 6.71 Å². The molecule has 0 amide bonds. The van der Waals surface area contributed by atoms with Crippen molar-refractivity contribution in [2.45, 2.75) is 12.8 Å². The van der Waals surface area contributed by atoms with Crippen LogP contribution in [0.3, 0.4) is 0 Å². The molecule has 2 unspecified atom stereocenters. The van der Waals surface area contributed by atoms with Crippen LogP contribution in [0.4, 0.5) is 28.6 Å². The minimum Gasteiger partial charge on any atom is -0.452 e. The molecule has 1 aliphatic carbocycles. The first-order valence-corrected chi connectivity index (χ1v) is 17.4. The van der Waals surface area contributed by atoms with Crippen LogP contribution in [-0.4, -0.2) is 6.71 Å². The number of ether oxygens (including phenoxy) is 1. The van der Waals surface area contributed by atoms with E-state index in [9.17, 15) is 5.48 Å². The number of allylic oxidation sites excluding steroid dienone is 3. The van der Waals surface area contributed by atoms with Crippen LogP contribution in [0, 0.1) is 0 Å². The third kappa shape index (κ3) is 3.82. The number of fused-ring (bicyclic) bond motifs is 11. The molecule has 0 N–H and O–H groups in total. The molecule has 8 aromatic rings. The second kappa shape index (κ2) is 10.6. The van der Waals surface area contributed by atoms with Crippen LogP contribution in [0.15, 0.2) is 161 Å². The van der Waals surface area contributed by atoms with Crippen molar-refractivity contribution < 1.29 is 29.7 Å². The van der Waals surface area contributed by atoms with E-state index in [1.54, 1.807) is 42.5 Å². The van der Waals surface area contributed by atoms with Gasteiger partial charge in [-0.2, -0.15) is 0 Å². The van der Waals surface area contributed by atoms with E-state index in [4.69, 9.17) is 24.2 Å². The van der Waals surface area contributed by atoms with Gasteiger partial charge in [-0.3, -0.25) is 4.90 Å². The molecule has 5 heterocycles. The number of benzene rings is 6. The summed E-state index contributed by atoms with van der Waals surface area (Å²) in [6.45, 7) is -0.725. The third-order valence-electron chi connectivity index (χ3n) is 9.98. The number of furan rings is 1. The summed E-state index contributed by atoms with van der Waals surface area (Å²) in [5, 5.41) is 1.31. The van der Waals surface area contributed by atoms with Crippen molar-refractivity contribution in [3.8, 4) is 33.8 Å². The minimum absolute atomic E-state index is 0.0110. The lowest BCUT2D eigenvalue weighted by molar-refractivity contribution is 0.479. The Labute approximate surface area is 326 Å². The van der Waals surface area contributed by atoms with Crippen molar-refractivity contribution in [2.75, 3.05) is 9.80 Å². The van der Waals surface area contributed by atoms with Gasteiger partial charge in [-0.25, -0.2) is 0 Å². The Kier molecular flexibility index (Phi) is 3.64. The van der Waals surface area contributed by atoms with Crippen molar-refractivity contribution >= 4 is 83.4 Å². The van der Waals surface area contributed by atoms with Gasteiger partial charge < -0.3 is 14.1 Å². The van der Waals surface area contributed by atoms with Gasteiger partial charge in [0.05, 0.1) is 34.9 Å². The molecular formula is C46H29BN2O2S. The first kappa shape index (κ1) is 17.8. The highest BCUT2D eigenvalue weighted by Crippen LogP contribution is 2.59. The molecule has 0 bridgehead atoms. The van der Waals surface area contributed by atoms with Crippen LogP contribution >= 0.6 is 11.3 Å². The molecule has 6 heteroatoms. The number of thiophene rings is 1. The Balaban J connectivity index is 1.28. The molecule has 12 rings (SSSR count). The smallest absolute Gasteiger partial charge is 0.270 e. The summed E-state index contributed by atoms with van der Waals surface area (Å²) in [6.07, 6.45) is -3.08. The summed E-state index contributed by atoms with van der Waals surface area (Å²) in [4.78, 5) is 3.46. The fraction of sp³-hybridized carbons (Fsp3) is 0.0435. The molecule has 4 aliphatic rings. The topological polar surface area (TPSA) is 28.9 Å². The number of hydrogen-bond acceptors (Lipinski definition) is 5. The fourth-order valence-corrected chi connectivity index (χ4v) is 9.24. The summed E-state index contributed by atoms with van der Waals surface area (Å²) in [7, 11) is 0. The average molecular weight is 700 g/mol. The van der Waals surface area contributed by atoms with Gasteiger partial charge in [-0.1, -0.05) is 109 Å². The van der Waals surface area contributed by atoms with Gasteiger partial charge in [0.1, 0.15) is 5.58 Å². The quantitative estimate of drug-likeness (QED) is 0.172. The number of para-hydroxylation sites is 3. The van der Waals surface area contributed by atoms with Gasteiger partial charge in [0.2, 0.25) is 5.88 Å². The molecule has 2 aromatic heterocycles. The summed E-state index contributed by atoms with van der Waals surface area (Å²) in [5.41, 5.74) is 3.45. The van der Waals surface area contributed by atoms with Gasteiger partial charge in [-0.05, 0) is 77.4 Å². The van der Waals surface area contributed by atoms with E-state index in [1.165, 1.54) is 16.2 Å². The van der Waals surface area contributed by atoms with Crippen LogP contribution in [-0.2, 0) is 0 Å². The maximum atomic E-state index is 9.37. The Morgan fingerprint density at radius 2 is 1.52 bits per heavy atom. The molecule has 6 aromatic carbocycles. The highest BCUT2D eigenvalue weighted by atomic mass is 32.1. The Morgan fingerprint density at radius 1 is 0.712 bits per heavy atom. The summed E-state index contributed by atoms with van der Waals surface area (Å²) >= 11 is 1.46. The average Bonchev–Trinajstić information content (AvgIpc) is 3.91. The Morgan fingerprint density at radius 3 is 2.40 bits per heavy atom. The van der Waals surface area contributed by atoms with Crippen molar-refractivity contribution in [3.63, 3.8) is 0 Å². The van der Waals surface area contributed by atoms with Crippen molar-refractivity contribution in [1.29, 1.82) is 0 Å². The molecule has 52 heavy (non-hydrogen) atoms. The lowest BCUT2D eigenvalue weighted by Crippen LogP contribution is -2.60. The van der Waals surface area contributed by atoms with Gasteiger partial charge in [-0.15, -0.1) is 11.3 Å². The number of anilines is 5. The van der Waals surface area contributed by atoms with E-state index in [-0.39, 0.29) is 51.8 Å². The van der Waals surface area contributed by atoms with Gasteiger partial charge >= 0.3 is 0 Å². The van der Waals surface area contributed by atoms with Crippen LogP contribution in [0.5, 0.6) is 11.5 Å².